The van der Waals surface area contributed by atoms with Gasteiger partial charge in [-0.05, 0) is 25.1 Å². The van der Waals surface area contributed by atoms with Crippen LogP contribution in [-0.2, 0) is 12.3 Å². The zero-order valence-electron chi connectivity index (χ0n) is 10.8. The maximum atomic E-state index is 5.92. The lowest BCUT2D eigenvalue weighted by atomic mass is 10.2. The van der Waals surface area contributed by atoms with E-state index in [1.54, 1.807) is 7.11 Å². The van der Waals surface area contributed by atoms with Crippen molar-refractivity contribution in [2.75, 3.05) is 13.7 Å². The summed E-state index contributed by atoms with van der Waals surface area (Å²) in [5.74, 6) is 2.69. The van der Waals surface area contributed by atoms with Crippen LogP contribution in [0.25, 0.3) is 5.69 Å². The van der Waals surface area contributed by atoms with Crippen LogP contribution in [-0.4, -0.2) is 28.4 Å². The molecule has 0 saturated carbocycles. The van der Waals surface area contributed by atoms with Crippen LogP contribution in [0.15, 0.2) is 24.3 Å². The van der Waals surface area contributed by atoms with Crippen LogP contribution in [0.2, 0.25) is 0 Å². The van der Waals surface area contributed by atoms with Gasteiger partial charge in [0, 0.05) is 12.5 Å². The van der Waals surface area contributed by atoms with Crippen molar-refractivity contribution in [2.24, 2.45) is 5.73 Å². The second kappa shape index (κ2) is 6.54. The van der Waals surface area contributed by atoms with Crippen molar-refractivity contribution >= 4 is 11.6 Å². The number of aromatic nitrogens is 3. The van der Waals surface area contributed by atoms with Gasteiger partial charge in [0.2, 0.25) is 0 Å². The van der Waals surface area contributed by atoms with Crippen molar-refractivity contribution in [1.29, 1.82) is 0 Å². The van der Waals surface area contributed by atoms with Crippen LogP contribution in [0.5, 0.6) is 5.75 Å². The smallest absolute Gasteiger partial charge is 0.152 e. The lowest BCUT2D eigenvalue weighted by Gasteiger charge is -2.10. The van der Waals surface area contributed by atoms with Gasteiger partial charge in [-0.1, -0.05) is 6.07 Å². The van der Waals surface area contributed by atoms with E-state index in [4.69, 9.17) is 22.1 Å². The fourth-order valence-electron chi connectivity index (χ4n) is 1.91. The predicted octanol–water partition coefficient (Wildman–Crippen LogP) is 1.91. The van der Waals surface area contributed by atoms with Crippen LogP contribution < -0.4 is 10.5 Å². The van der Waals surface area contributed by atoms with E-state index in [1.807, 2.05) is 28.8 Å². The number of aryl methyl sites for hydroxylation is 1. The third kappa shape index (κ3) is 3.05. The Morgan fingerprint density at radius 3 is 2.79 bits per heavy atom. The molecule has 2 N–H and O–H groups in total. The van der Waals surface area contributed by atoms with E-state index in [-0.39, 0.29) is 0 Å². The van der Waals surface area contributed by atoms with Gasteiger partial charge < -0.3 is 10.5 Å². The number of hydrogen-bond donors (Lipinski definition) is 1. The molecule has 2 rings (SSSR count). The van der Waals surface area contributed by atoms with Crippen LogP contribution in [0, 0.1) is 0 Å². The fourth-order valence-corrected chi connectivity index (χ4v) is 2.08. The average molecular weight is 281 g/mol. The molecular weight excluding hydrogens is 264 g/mol. The van der Waals surface area contributed by atoms with Crippen LogP contribution in [0.4, 0.5) is 0 Å². The normalized spacial score (nSPS) is 10.7. The summed E-state index contributed by atoms with van der Waals surface area (Å²) < 4.78 is 7.20. The molecule has 0 aliphatic rings. The molecule has 0 bridgehead atoms. The maximum Gasteiger partial charge on any atom is 0.152 e. The average Bonchev–Trinajstić information content (AvgIpc) is 2.88. The molecule has 102 valence electrons. The molecule has 0 aliphatic carbocycles. The number of hydrogen-bond acceptors (Lipinski definition) is 4. The minimum Gasteiger partial charge on any atom is -0.497 e. The highest BCUT2D eigenvalue weighted by molar-refractivity contribution is 6.16. The van der Waals surface area contributed by atoms with Gasteiger partial charge in [-0.3, -0.25) is 4.57 Å². The first-order chi connectivity index (χ1) is 9.30. The Morgan fingerprint density at radius 2 is 2.11 bits per heavy atom. The molecule has 6 heteroatoms. The van der Waals surface area contributed by atoms with Crippen molar-refractivity contribution < 1.29 is 4.74 Å². The van der Waals surface area contributed by atoms with Gasteiger partial charge in [0.05, 0.1) is 18.7 Å². The predicted molar refractivity (Wildman–Crippen MR) is 74.8 cm³/mol. The Balaban J connectivity index is 2.42. The summed E-state index contributed by atoms with van der Waals surface area (Å²) in [6.45, 7) is 0.626. The summed E-state index contributed by atoms with van der Waals surface area (Å²) in [6, 6.07) is 7.74. The van der Waals surface area contributed by atoms with E-state index in [2.05, 4.69) is 10.2 Å². The highest BCUT2D eigenvalue weighted by Gasteiger charge is 2.13. The lowest BCUT2D eigenvalue weighted by Crippen LogP contribution is -2.07. The Kier molecular flexibility index (Phi) is 4.76. The van der Waals surface area contributed by atoms with Gasteiger partial charge >= 0.3 is 0 Å². The van der Waals surface area contributed by atoms with E-state index in [1.165, 1.54) is 0 Å². The molecule has 1 aromatic carbocycles. The summed E-state index contributed by atoms with van der Waals surface area (Å²) in [5.41, 5.74) is 6.50. The molecular formula is C13H17ClN4O. The minimum absolute atomic E-state index is 0.312. The Bertz CT molecular complexity index is 541. The van der Waals surface area contributed by atoms with Crippen molar-refractivity contribution in [3.05, 3.63) is 35.9 Å². The Hall–Kier alpha value is -1.59. The van der Waals surface area contributed by atoms with Crippen molar-refractivity contribution in [2.45, 2.75) is 18.7 Å². The molecule has 0 aliphatic heterocycles. The van der Waals surface area contributed by atoms with Gasteiger partial charge in [-0.25, -0.2) is 0 Å². The largest absolute Gasteiger partial charge is 0.497 e. The summed E-state index contributed by atoms with van der Waals surface area (Å²) in [4.78, 5) is 0. The highest BCUT2D eigenvalue weighted by Crippen LogP contribution is 2.20. The van der Waals surface area contributed by atoms with Crippen molar-refractivity contribution in [1.82, 2.24) is 14.8 Å². The fraction of sp³-hybridized carbons (Fsp3) is 0.385. The summed E-state index contributed by atoms with van der Waals surface area (Å²) in [6.07, 6.45) is 1.64. The van der Waals surface area contributed by atoms with E-state index in [0.29, 0.717) is 12.4 Å². The molecule has 0 radical (unpaired) electrons. The number of nitrogens with two attached hydrogens (primary N) is 1. The Morgan fingerprint density at radius 1 is 1.32 bits per heavy atom. The first-order valence-electron chi connectivity index (χ1n) is 6.13. The second-order valence-electron chi connectivity index (χ2n) is 4.10. The number of alkyl halides is 1. The van der Waals surface area contributed by atoms with Gasteiger partial charge in [0.25, 0.3) is 0 Å². The monoisotopic (exact) mass is 280 g/mol. The molecule has 1 heterocycles. The van der Waals surface area contributed by atoms with E-state index in [0.717, 1.165) is 35.9 Å². The van der Waals surface area contributed by atoms with Gasteiger partial charge in [-0.2, -0.15) is 0 Å². The zero-order valence-corrected chi connectivity index (χ0v) is 11.6. The highest BCUT2D eigenvalue weighted by atomic mass is 35.5. The molecule has 0 atom stereocenters. The lowest BCUT2D eigenvalue weighted by molar-refractivity contribution is 0.414. The first kappa shape index (κ1) is 13.8. The summed E-state index contributed by atoms with van der Waals surface area (Å²) >= 11 is 5.92. The number of nitrogens with zero attached hydrogens (tertiary/aromatic N) is 3. The maximum absolute atomic E-state index is 5.92. The Labute approximate surface area is 117 Å². The quantitative estimate of drug-likeness (QED) is 0.821. The van der Waals surface area contributed by atoms with E-state index in [9.17, 15) is 0 Å². The molecule has 0 saturated heterocycles. The van der Waals surface area contributed by atoms with Crippen LogP contribution in [0.3, 0.4) is 0 Å². The molecule has 1 aromatic heterocycles. The summed E-state index contributed by atoms with van der Waals surface area (Å²) in [5, 5.41) is 8.31. The number of rotatable bonds is 6. The molecule has 0 amide bonds. The SMILES string of the molecule is COc1cccc(-n2c(CCl)nnc2CCCN)c1. The first-order valence-corrected chi connectivity index (χ1v) is 6.67. The standard InChI is InChI=1S/C13H17ClN4O/c1-19-11-5-2-4-10(8-11)18-12(6-3-7-15)16-17-13(18)9-14/h2,4-5,8H,3,6-7,9,15H2,1H3. The number of ether oxygens (including phenoxy) is 1. The molecule has 19 heavy (non-hydrogen) atoms. The van der Waals surface area contributed by atoms with Gasteiger partial charge in [0.15, 0.2) is 5.82 Å². The van der Waals surface area contributed by atoms with Crippen LogP contribution in [0.1, 0.15) is 18.1 Å². The number of methoxy groups -OCH3 is 1. The van der Waals surface area contributed by atoms with Crippen molar-refractivity contribution in [3.63, 3.8) is 0 Å². The van der Waals surface area contributed by atoms with E-state index >= 15 is 0 Å². The topological polar surface area (TPSA) is 66.0 Å². The minimum atomic E-state index is 0.312. The number of halogens is 1. The van der Waals surface area contributed by atoms with Crippen LogP contribution >= 0.6 is 11.6 Å². The molecule has 0 fully saturated rings. The number of benzene rings is 1. The molecule has 0 unspecified atom stereocenters. The zero-order chi connectivity index (χ0) is 13.7. The van der Waals surface area contributed by atoms with Crippen molar-refractivity contribution in [3.8, 4) is 11.4 Å². The third-order valence-electron chi connectivity index (χ3n) is 2.83. The summed E-state index contributed by atoms with van der Waals surface area (Å²) in [7, 11) is 1.64. The molecule has 0 spiro atoms. The van der Waals surface area contributed by atoms with E-state index < -0.39 is 0 Å². The second-order valence-corrected chi connectivity index (χ2v) is 4.36. The van der Waals surface area contributed by atoms with Gasteiger partial charge in [0.1, 0.15) is 11.6 Å². The third-order valence-corrected chi connectivity index (χ3v) is 3.07. The molecule has 2 aromatic rings. The molecule has 5 nitrogen and oxygen atoms in total. The van der Waals surface area contributed by atoms with Gasteiger partial charge in [-0.15, -0.1) is 21.8 Å².